The van der Waals surface area contributed by atoms with Crippen LogP contribution in [0.25, 0.3) is 0 Å². The molecule has 1 heterocycles. The fourth-order valence-electron chi connectivity index (χ4n) is 3.19. The number of carbonyl (C=O) groups excluding carboxylic acids is 2. The van der Waals surface area contributed by atoms with E-state index in [1.165, 1.54) is 12.1 Å². The molecule has 1 aliphatic heterocycles. The second-order valence-corrected chi connectivity index (χ2v) is 6.31. The van der Waals surface area contributed by atoms with Gasteiger partial charge in [-0.25, -0.2) is 4.79 Å². The van der Waals surface area contributed by atoms with Crippen molar-refractivity contribution >= 4 is 23.3 Å². The molecule has 8 heteroatoms. The van der Waals surface area contributed by atoms with Gasteiger partial charge in [-0.15, -0.1) is 0 Å². The van der Waals surface area contributed by atoms with Crippen LogP contribution in [0.3, 0.4) is 0 Å². The highest BCUT2D eigenvalue weighted by Crippen LogP contribution is 2.29. The normalized spacial score (nSPS) is 17.0. The van der Waals surface area contributed by atoms with Gasteiger partial charge in [0.2, 0.25) is 5.91 Å². The first-order chi connectivity index (χ1) is 13.0. The number of anilines is 1. The minimum absolute atomic E-state index is 0.0554. The second kappa shape index (κ2) is 7.86. The quantitative estimate of drug-likeness (QED) is 0.642. The first kappa shape index (κ1) is 18.4. The lowest BCUT2D eigenvalue weighted by Gasteiger charge is -2.29. The van der Waals surface area contributed by atoms with E-state index in [1.807, 2.05) is 30.3 Å². The van der Waals surface area contributed by atoms with Crippen LogP contribution in [-0.4, -0.2) is 34.9 Å². The first-order valence-corrected chi connectivity index (χ1v) is 8.60. The van der Waals surface area contributed by atoms with Gasteiger partial charge in [0.05, 0.1) is 28.6 Å². The van der Waals surface area contributed by atoms with E-state index in [9.17, 15) is 19.7 Å². The summed E-state index contributed by atoms with van der Waals surface area (Å²) in [6.45, 7) is 2.28. The van der Waals surface area contributed by atoms with Crippen molar-refractivity contribution in [3.8, 4) is 0 Å². The van der Waals surface area contributed by atoms with Crippen molar-refractivity contribution in [2.45, 2.75) is 19.4 Å². The largest absolute Gasteiger partial charge is 0.354 e. The fraction of sp³-hybridized carbons (Fsp3) is 0.263. The summed E-state index contributed by atoms with van der Waals surface area (Å²) in [5.74, 6) is -0.120. The van der Waals surface area contributed by atoms with Gasteiger partial charge in [0, 0.05) is 19.2 Å². The van der Waals surface area contributed by atoms with Crippen molar-refractivity contribution in [1.29, 1.82) is 0 Å². The number of benzene rings is 2. The summed E-state index contributed by atoms with van der Waals surface area (Å²) in [6.07, 6.45) is 0.158. The topological polar surface area (TPSA) is 105 Å². The summed E-state index contributed by atoms with van der Waals surface area (Å²) in [7, 11) is 0. The van der Waals surface area contributed by atoms with E-state index in [4.69, 9.17) is 0 Å². The van der Waals surface area contributed by atoms with Crippen LogP contribution in [0.4, 0.5) is 16.2 Å². The summed E-state index contributed by atoms with van der Waals surface area (Å²) in [4.78, 5) is 37.2. The molecule has 0 saturated carbocycles. The Hall–Kier alpha value is -3.42. The molecule has 8 nitrogen and oxygen atoms in total. The maximum absolute atomic E-state index is 12.9. The Morgan fingerprint density at radius 1 is 1.22 bits per heavy atom. The van der Waals surface area contributed by atoms with Crippen LogP contribution in [0.5, 0.6) is 0 Å². The Morgan fingerprint density at radius 3 is 2.67 bits per heavy atom. The monoisotopic (exact) mass is 368 g/mol. The second-order valence-electron chi connectivity index (χ2n) is 6.31. The molecule has 1 atom stereocenters. The summed E-state index contributed by atoms with van der Waals surface area (Å²) >= 11 is 0. The fourth-order valence-corrected chi connectivity index (χ4v) is 3.19. The van der Waals surface area contributed by atoms with Gasteiger partial charge in [0.1, 0.15) is 0 Å². The number of nitrogens with zero attached hydrogens (tertiary/aromatic N) is 2. The van der Waals surface area contributed by atoms with Gasteiger partial charge in [-0.3, -0.25) is 14.9 Å². The van der Waals surface area contributed by atoms with Gasteiger partial charge < -0.3 is 15.5 Å². The Balaban J connectivity index is 1.88. The lowest BCUT2D eigenvalue weighted by Crippen LogP contribution is -2.39. The van der Waals surface area contributed by atoms with Crippen LogP contribution in [0, 0.1) is 17.0 Å². The van der Waals surface area contributed by atoms with Crippen molar-refractivity contribution in [3.63, 3.8) is 0 Å². The number of nitro groups is 1. The van der Waals surface area contributed by atoms with Crippen molar-refractivity contribution in [1.82, 2.24) is 10.2 Å². The van der Waals surface area contributed by atoms with Gasteiger partial charge in [-0.05, 0) is 18.6 Å². The zero-order valence-electron chi connectivity index (χ0n) is 14.8. The first-order valence-electron chi connectivity index (χ1n) is 8.60. The number of amides is 3. The van der Waals surface area contributed by atoms with Gasteiger partial charge in [0.15, 0.2) is 0 Å². The van der Waals surface area contributed by atoms with Gasteiger partial charge >= 0.3 is 6.03 Å². The zero-order valence-corrected chi connectivity index (χ0v) is 14.8. The van der Waals surface area contributed by atoms with Crippen LogP contribution in [0.1, 0.15) is 23.6 Å². The van der Waals surface area contributed by atoms with Crippen LogP contribution >= 0.6 is 0 Å². The molecule has 3 amide bonds. The molecule has 0 aromatic heterocycles. The molecule has 27 heavy (non-hydrogen) atoms. The molecule has 1 fully saturated rings. The average Bonchev–Trinajstić information content (AvgIpc) is 2.85. The Bertz CT molecular complexity index is 869. The molecule has 0 aliphatic carbocycles. The highest BCUT2D eigenvalue weighted by atomic mass is 16.6. The molecule has 2 aromatic rings. The average molecular weight is 368 g/mol. The zero-order chi connectivity index (χ0) is 19.4. The molecule has 0 radical (unpaired) electrons. The van der Waals surface area contributed by atoms with E-state index in [1.54, 1.807) is 17.9 Å². The van der Waals surface area contributed by atoms with Crippen molar-refractivity contribution in [2.75, 3.05) is 18.4 Å². The summed E-state index contributed by atoms with van der Waals surface area (Å²) in [6, 6.07) is 13.1. The molecule has 2 aromatic carbocycles. The van der Waals surface area contributed by atoms with Gasteiger partial charge in [-0.2, -0.15) is 0 Å². The molecule has 3 rings (SSSR count). The molecule has 0 bridgehead atoms. The van der Waals surface area contributed by atoms with Crippen molar-refractivity contribution in [2.24, 2.45) is 0 Å². The molecule has 1 saturated heterocycles. The minimum atomic E-state index is -0.480. The number of nitro benzene ring substituents is 1. The molecular weight excluding hydrogens is 348 g/mol. The maximum Gasteiger partial charge on any atom is 0.322 e. The predicted molar refractivity (Wildman–Crippen MR) is 100 cm³/mol. The SMILES string of the molecule is Cc1c(NC(=O)N2CCNC(=O)C[C@H]2c2ccccc2)cccc1[N+](=O)[O-]. The lowest BCUT2D eigenvalue weighted by molar-refractivity contribution is -0.385. The molecule has 1 aliphatic rings. The van der Waals surface area contributed by atoms with Crippen molar-refractivity contribution in [3.05, 3.63) is 69.8 Å². The molecule has 0 spiro atoms. The van der Waals surface area contributed by atoms with Crippen LogP contribution in [-0.2, 0) is 4.79 Å². The number of urea groups is 1. The van der Waals surface area contributed by atoms with E-state index >= 15 is 0 Å². The lowest BCUT2D eigenvalue weighted by atomic mass is 10.0. The van der Waals surface area contributed by atoms with Crippen LogP contribution in [0.15, 0.2) is 48.5 Å². The minimum Gasteiger partial charge on any atom is -0.354 e. The number of carbonyl (C=O) groups is 2. The number of rotatable bonds is 3. The standard InChI is InChI=1S/C19H20N4O4/c1-13-15(8-5-9-16(13)23(26)27)21-19(25)22-11-10-20-18(24)12-17(22)14-6-3-2-4-7-14/h2-9,17H,10-12H2,1H3,(H,20,24)(H,21,25)/t17-/m0/s1. The van der Waals surface area contributed by atoms with Gasteiger partial charge in [0.25, 0.3) is 5.69 Å². The summed E-state index contributed by atoms with van der Waals surface area (Å²) in [5, 5.41) is 16.7. The van der Waals surface area contributed by atoms with Gasteiger partial charge in [-0.1, -0.05) is 36.4 Å². The summed E-state index contributed by atoms with van der Waals surface area (Å²) in [5.41, 5.74) is 1.57. The molecule has 2 N–H and O–H groups in total. The van der Waals surface area contributed by atoms with Crippen LogP contribution < -0.4 is 10.6 Å². The predicted octanol–water partition coefficient (Wildman–Crippen LogP) is 3.00. The highest BCUT2D eigenvalue weighted by Gasteiger charge is 2.30. The van der Waals surface area contributed by atoms with Crippen LogP contribution in [0.2, 0.25) is 0 Å². The molecule has 0 unspecified atom stereocenters. The Kier molecular flexibility index (Phi) is 5.35. The van der Waals surface area contributed by atoms with Crippen molar-refractivity contribution < 1.29 is 14.5 Å². The Labute approximate surface area is 156 Å². The third kappa shape index (κ3) is 4.05. The number of nitrogens with one attached hydrogen (secondary N) is 2. The summed E-state index contributed by atoms with van der Waals surface area (Å²) < 4.78 is 0. The number of hydrogen-bond donors (Lipinski definition) is 2. The number of hydrogen-bond acceptors (Lipinski definition) is 4. The van der Waals surface area contributed by atoms with E-state index < -0.39 is 17.0 Å². The van der Waals surface area contributed by atoms with E-state index in [-0.39, 0.29) is 18.0 Å². The third-order valence-electron chi connectivity index (χ3n) is 4.62. The molecule has 140 valence electrons. The van der Waals surface area contributed by atoms with E-state index in [0.717, 1.165) is 5.56 Å². The van der Waals surface area contributed by atoms with E-state index in [2.05, 4.69) is 10.6 Å². The Morgan fingerprint density at radius 2 is 1.96 bits per heavy atom. The smallest absolute Gasteiger partial charge is 0.322 e. The maximum atomic E-state index is 12.9. The third-order valence-corrected chi connectivity index (χ3v) is 4.62. The van der Waals surface area contributed by atoms with E-state index in [0.29, 0.717) is 24.3 Å². The molecular formula is C19H20N4O4. The highest BCUT2D eigenvalue weighted by molar-refractivity contribution is 5.92.